The Bertz CT molecular complexity index is 856. The van der Waals surface area contributed by atoms with Gasteiger partial charge in [0.05, 0.1) is 13.2 Å². The van der Waals surface area contributed by atoms with Crippen molar-refractivity contribution in [2.45, 2.75) is 44.9 Å². The molecule has 0 unspecified atom stereocenters. The van der Waals surface area contributed by atoms with Crippen LogP contribution in [0.1, 0.15) is 44.9 Å². The maximum absolute atomic E-state index is 6.35. The molecule has 2 heterocycles. The van der Waals surface area contributed by atoms with E-state index in [0.29, 0.717) is 0 Å². The van der Waals surface area contributed by atoms with Crippen LogP contribution in [0.5, 0.6) is 11.5 Å². The zero-order valence-corrected chi connectivity index (χ0v) is 18.5. The second-order valence-corrected chi connectivity index (χ2v) is 9.99. The summed E-state index contributed by atoms with van der Waals surface area (Å²) in [5, 5.41) is 3.91. The highest BCUT2D eigenvalue weighted by Crippen LogP contribution is 2.38. The molecule has 0 saturated heterocycles. The van der Waals surface area contributed by atoms with Gasteiger partial charge in [-0.3, -0.25) is 0 Å². The van der Waals surface area contributed by atoms with E-state index in [2.05, 4.69) is 78.9 Å². The number of benzene rings is 3. The Morgan fingerprint density at radius 1 is 0.533 bits per heavy atom. The number of hydrogen-bond acceptors (Lipinski definition) is 2. The zero-order chi connectivity index (χ0) is 20.4. The Morgan fingerprint density at radius 2 is 1.07 bits per heavy atom. The predicted molar refractivity (Wildman–Crippen MR) is 128 cm³/mol. The van der Waals surface area contributed by atoms with Gasteiger partial charge in [0.2, 0.25) is 0 Å². The first-order valence-electron chi connectivity index (χ1n) is 11.2. The van der Waals surface area contributed by atoms with Gasteiger partial charge in [0.1, 0.15) is 11.5 Å². The fraction of sp³-hybridized carbons (Fsp3) is 0.333. The van der Waals surface area contributed by atoms with Crippen LogP contribution in [-0.2, 0) is 0 Å². The van der Waals surface area contributed by atoms with Gasteiger partial charge in [-0.2, -0.15) is 0 Å². The summed E-state index contributed by atoms with van der Waals surface area (Å²) < 4.78 is 12.5. The topological polar surface area (TPSA) is 18.5 Å². The third kappa shape index (κ3) is 5.64. The van der Waals surface area contributed by atoms with Crippen LogP contribution < -0.4 is 25.4 Å². The Morgan fingerprint density at radius 3 is 1.67 bits per heavy atom. The maximum atomic E-state index is 6.35. The van der Waals surface area contributed by atoms with Crippen molar-refractivity contribution in [1.29, 1.82) is 0 Å². The fourth-order valence-electron chi connectivity index (χ4n) is 3.93. The second-order valence-electron chi connectivity index (χ2n) is 7.81. The molecule has 3 heteroatoms. The van der Waals surface area contributed by atoms with Crippen LogP contribution in [0, 0.1) is 0 Å². The molecule has 3 aromatic rings. The molecule has 2 aliphatic rings. The molecule has 0 atom stereocenters. The highest BCUT2D eigenvalue weighted by atomic mass is 31.1. The SMILES string of the molecule is c1ccc(P(c2ccccc2)c2cc3ccc2OCCCCCCCCCO3)cc1. The van der Waals surface area contributed by atoms with Crippen LogP contribution in [0.15, 0.2) is 78.9 Å². The van der Waals surface area contributed by atoms with E-state index in [9.17, 15) is 0 Å². The Balaban J connectivity index is 1.73. The number of hydrogen-bond donors (Lipinski definition) is 0. The van der Waals surface area contributed by atoms with Gasteiger partial charge < -0.3 is 9.47 Å². The van der Waals surface area contributed by atoms with Crippen LogP contribution in [-0.4, -0.2) is 13.2 Å². The molecular weight excluding hydrogens is 387 g/mol. The zero-order valence-electron chi connectivity index (χ0n) is 17.6. The number of fused-ring (bicyclic) bond motifs is 12. The van der Waals surface area contributed by atoms with E-state index in [1.807, 2.05) is 0 Å². The van der Waals surface area contributed by atoms with Gasteiger partial charge >= 0.3 is 0 Å². The largest absolute Gasteiger partial charge is 0.494 e. The third-order valence-electron chi connectivity index (χ3n) is 5.52. The first-order chi connectivity index (χ1) is 14.9. The molecule has 156 valence electrons. The molecule has 0 radical (unpaired) electrons. The van der Waals surface area contributed by atoms with E-state index in [0.717, 1.165) is 37.6 Å². The average molecular weight is 419 g/mol. The fourth-order valence-corrected chi connectivity index (χ4v) is 6.34. The minimum Gasteiger partial charge on any atom is -0.494 e. The van der Waals surface area contributed by atoms with Gasteiger partial charge in [-0.05, 0) is 49.6 Å². The summed E-state index contributed by atoms with van der Waals surface area (Å²) in [6, 6.07) is 28.0. The van der Waals surface area contributed by atoms with Crippen molar-refractivity contribution in [2.75, 3.05) is 13.2 Å². The monoisotopic (exact) mass is 418 g/mol. The van der Waals surface area contributed by atoms with Crippen molar-refractivity contribution in [1.82, 2.24) is 0 Å². The minimum absolute atomic E-state index is 0.719. The van der Waals surface area contributed by atoms with Gasteiger partial charge in [-0.15, -0.1) is 0 Å². The first kappa shape index (κ1) is 20.9. The third-order valence-corrected chi connectivity index (χ3v) is 7.98. The van der Waals surface area contributed by atoms with E-state index in [1.54, 1.807) is 0 Å². The molecular formula is C27H31O2P. The average Bonchev–Trinajstić information content (AvgIpc) is 2.81. The number of rotatable bonds is 3. The molecule has 0 aromatic heterocycles. The molecule has 3 aromatic carbocycles. The van der Waals surface area contributed by atoms with Crippen molar-refractivity contribution in [3.05, 3.63) is 78.9 Å². The molecule has 0 aliphatic carbocycles. The molecule has 0 N–H and O–H groups in total. The number of ether oxygens (including phenoxy) is 2. The Labute approximate surface area is 182 Å². The molecule has 0 fully saturated rings. The Kier molecular flexibility index (Phi) is 7.81. The summed E-state index contributed by atoms with van der Waals surface area (Å²) in [7, 11) is -0.719. The van der Waals surface area contributed by atoms with Crippen molar-refractivity contribution < 1.29 is 9.47 Å². The van der Waals surface area contributed by atoms with Crippen molar-refractivity contribution in [3.8, 4) is 11.5 Å². The van der Waals surface area contributed by atoms with Crippen molar-refractivity contribution in [3.63, 3.8) is 0 Å². The lowest BCUT2D eigenvalue weighted by Crippen LogP contribution is -2.22. The summed E-state index contributed by atoms with van der Waals surface area (Å²) in [5.41, 5.74) is 0. The Hall–Kier alpha value is -2.31. The quantitative estimate of drug-likeness (QED) is 0.490. The summed E-state index contributed by atoms with van der Waals surface area (Å²) in [6.45, 7) is 1.56. The maximum Gasteiger partial charge on any atom is 0.127 e. The van der Waals surface area contributed by atoms with Crippen LogP contribution in [0.4, 0.5) is 0 Å². The van der Waals surface area contributed by atoms with Gasteiger partial charge in [0, 0.05) is 5.30 Å². The molecule has 0 amide bonds. The van der Waals surface area contributed by atoms with E-state index in [1.165, 1.54) is 48.0 Å². The van der Waals surface area contributed by atoms with Gasteiger partial charge in [-0.1, -0.05) is 92.8 Å². The summed E-state index contributed by atoms with van der Waals surface area (Å²) in [5.74, 6) is 1.95. The minimum atomic E-state index is -0.719. The molecule has 5 rings (SSSR count). The smallest absolute Gasteiger partial charge is 0.127 e. The van der Waals surface area contributed by atoms with Crippen LogP contribution in [0.3, 0.4) is 0 Å². The van der Waals surface area contributed by atoms with E-state index in [4.69, 9.17) is 9.47 Å². The normalized spacial score (nSPS) is 15.6. The highest BCUT2D eigenvalue weighted by Gasteiger charge is 2.21. The summed E-state index contributed by atoms with van der Waals surface area (Å²) in [6.07, 6.45) is 8.67. The molecule has 2 bridgehead atoms. The van der Waals surface area contributed by atoms with Crippen molar-refractivity contribution in [2.24, 2.45) is 0 Å². The van der Waals surface area contributed by atoms with Crippen LogP contribution >= 0.6 is 7.92 Å². The standard InChI is InChI=1S/C27H31O2P/c1-2-4-12-20-28-23-18-19-26(29-21-13-5-3-1)27(22-23)30(24-14-8-6-9-15-24)25-16-10-7-11-17-25/h6-11,14-19,22H,1-5,12-13,20-21H2. The predicted octanol–water partition coefficient (Wildman–Crippen LogP) is 5.95. The lowest BCUT2D eigenvalue weighted by Gasteiger charge is -2.23. The van der Waals surface area contributed by atoms with E-state index in [-0.39, 0.29) is 0 Å². The first-order valence-corrected chi connectivity index (χ1v) is 12.6. The van der Waals surface area contributed by atoms with Gasteiger partial charge in [0.25, 0.3) is 0 Å². The van der Waals surface area contributed by atoms with Gasteiger partial charge in [-0.25, -0.2) is 0 Å². The van der Waals surface area contributed by atoms with E-state index < -0.39 is 7.92 Å². The molecule has 0 saturated carbocycles. The van der Waals surface area contributed by atoms with Crippen LogP contribution in [0.25, 0.3) is 0 Å². The van der Waals surface area contributed by atoms with E-state index >= 15 is 0 Å². The van der Waals surface area contributed by atoms with Crippen molar-refractivity contribution >= 4 is 23.8 Å². The molecule has 2 aliphatic heterocycles. The summed E-state index contributed by atoms with van der Waals surface area (Å²) in [4.78, 5) is 0. The highest BCUT2D eigenvalue weighted by molar-refractivity contribution is 7.80. The second kappa shape index (κ2) is 11.2. The lowest BCUT2D eigenvalue weighted by atomic mass is 10.1. The lowest BCUT2D eigenvalue weighted by molar-refractivity contribution is 0.303. The molecule has 0 spiro atoms. The molecule has 2 nitrogen and oxygen atoms in total. The summed E-state index contributed by atoms with van der Waals surface area (Å²) >= 11 is 0. The van der Waals surface area contributed by atoms with Gasteiger partial charge in [0.15, 0.2) is 0 Å². The van der Waals surface area contributed by atoms with Crippen LogP contribution in [0.2, 0.25) is 0 Å². The molecule has 30 heavy (non-hydrogen) atoms.